The maximum Gasteiger partial charge on any atom is 0.222 e. The second-order valence-electron chi connectivity index (χ2n) is 6.27. The molecule has 0 bridgehead atoms. The molecule has 0 saturated heterocycles. The Bertz CT molecular complexity index is 982. The van der Waals surface area contributed by atoms with Crippen LogP contribution in [0.5, 0.6) is 0 Å². The van der Waals surface area contributed by atoms with Crippen LogP contribution in [0.2, 0.25) is 0 Å². The Morgan fingerprint density at radius 2 is 2.00 bits per heavy atom. The monoisotopic (exact) mass is 354 g/mol. The molecule has 4 rings (SSSR count). The van der Waals surface area contributed by atoms with E-state index in [1.165, 1.54) is 19.1 Å². The summed E-state index contributed by atoms with van der Waals surface area (Å²) in [5, 5.41) is 7.20. The van der Waals surface area contributed by atoms with E-state index in [4.69, 9.17) is 0 Å². The minimum absolute atomic E-state index is 0.202. The van der Waals surface area contributed by atoms with Gasteiger partial charge >= 0.3 is 0 Å². The van der Waals surface area contributed by atoms with Gasteiger partial charge in [0.1, 0.15) is 23.5 Å². The normalized spacial score (nSPS) is 15.7. The van der Waals surface area contributed by atoms with Gasteiger partial charge in [-0.1, -0.05) is 0 Å². The lowest BCUT2D eigenvalue weighted by Gasteiger charge is -2.08. The number of pyridine rings is 1. The third-order valence-electron chi connectivity index (χ3n) is 4.31. The molecule has 0 aliphatic carbocycles. The number of carbonyl (C=O) groups is 1. The fraction of sp³-hybridized carbons (Fsp3) is 0.211. The Balaban J connectivity index is 1.87. The summed E-state index contributed by atoms with van der Waals surface area (Å²) in [5.74, 6) is -0.144. The van der Waals surface area contributed by atoms with E-state index in [9.17, 15) is 13.6 Å². The molecule has 132 valence electrons. The summed E-state index contributed by atoms with van der Waals surface area (Å²) in [6.45, 7) is 1.61. The van der Waals surface area contributed by atoms with Gasteiger partial charge in [-0.25, -0.2) is 13.8 Å². The van der Waals surface area contributed by atoms with Crippen molar-refractivity contribution in [3.8, 4) is 22.4 Å². The number of carbonyl (C=O) groups excluding carboxylic acids is 1. The minimum Gasteiger partial charge on any atom is -0.311 e. The van der Waals surface area contributed by atoms with Crippen molar-refractivity contribution in [1.29, 1.82) is 0 Å². The molecule has 2 aromatic heterocycles. The first kappa shape index (κ1) is 16.4. The number of hydrogen-bond donors (Lipinski definition) is 1. The lowest BCUT2D eigenvalue weighted by molar-refractivity contribution is -0.114. The molecule has 7 heteroatoms. The van der Waals surface area contributed by atoms with E-state index < -0.39 is 6.17 Å². The number of fused-ring (bicyclic) bond motifs is 1. The van der Waals surface area contributed by atoms with Crippen molar-refractivity contribution >= 4 is 11.7 Å². The van der Waals surface area contributed by atoms with Gasteiger partial charge in [-0.2, -0.15) is 5.10 Å². The molecule has 0 saturated carbocycles. The number of amides is 1. The summed E-state index contributed by atoms with van der Waals surface area (Å²) in [5.41, 5.74) is 3.75. The molecule has 1 aliphatic heterocycles. The number of halogens is 2. The molecule has 1 atom stereocenters. The largest absolute Gasteiger partial charge is 0.311 e. The Kier molecular flexibility index (Phi) is 3.99. The van der Waals surface area contributed by atoms with Crippen molar-refractivity contribution in [3.05, 3.63) is 54.1 Å². The molecule has 1 amide bonds. The molecule has 3 heterocycles. The van der Waals surface area contributed by atoms with Gasteiger partial charge in [0.25, 0.3) is 0 Å². The summed E-state index contributed by atoms with van der Waals surface area (Å²) in [6, 6.07) is 9.58. The second-order valence-corrected chi connectivity index (χ2v) is 6.27. The highest BCUT2D eigenvalue weighted by Gasteiger charge is 2.29. The molecule has 3 aromatic rings. The molecule has 1 N–H and O–H groups in total. The number of alkyl halides is 1. The molecule has 1 aromatic carbocycles. The Morgan fingerprint density at radius 3 is 2.73 bits per heavy atom. The summed E-state index contributed by atoms with van der Waals surface area (Å²) < 4.78 is 28.9. The van der Waals surface area contributed by atoms with Crippen molar-refractivity contribution < 1.29 is 13.6 Å². The molecule has 0 radical (unpaired) electrons. The van der Waals surface area contributed by atoms with Crippen LogP contribution < -0.4 is 5.32 Å². The van der Waals surface area contributed by atoms with Gasteiger partial charge < -0.3 is 5.32 Å². The van der Waals surface area contributed by atoms with Crippen LogP contribution in [0.25, 0.3) is 22.4 Å². The summed E-state index contributed by atoms with van der Waals surface area (Å²) in [4.78, 5) is 15.4. The fourth-order valence-corrected chi connectivity index (χ4v) is 3.27. The molecule has 0 spiro atoms. The van der Waals surface area contributed by atoms with Crippen LogP contribution >= 0.6 is 0 Å². The SMILES string of the molecule is CC(=O)Nc1cc(-c2c(-c3ccc(F)cc3)nn3c2C[C@H](F)C3)ccn1. The van der Waals surface area contributed by atoms with Crippen LogP contribution in [0.1, 0.15) is 12.6 Å². The average molecular weight is 354 g/mol. The first-order valence-corrected chi connectivity index (χ1v) is 8.25. The van der Waals surface area contributed by atoms with Gasteiger partial charge in [-0.05, 0) is 42.0 Å². The van der Waals surface area contributed by atoms with Gasteiger partial charge in [0, 0.05) is 36.4 Å². The smallest absolute Gasteiger partial charge is 0.222 e. The standard InChI is InChI=1S/C19H16F2N4O/c1-11(26)23-17-8-13(6-7-22-17)18-16-9-15(21)10-25(16)24-19(18)12-2-4-14(20)5-3-12/h2-8,15H,9-10H2,1H3,(H,22,23,26)/t15-/m0/s1. The van der Waals surface area contributed by atoms with Crippen molar-refractivity contribution in [3.63, 3.8) is 0 Å². The van der Waals surface area contributed by atoms with Crippen LogP contribution in [0, 0.1) is 5.82 Å². The van der Waals surface area contributed by atoms with Gasteiger partial charge in [-0.3, -0.25) is 9.48 Å². The zero-order valence-corrected chi connectivity index (χ0v) is 14.0. The van der Waals surface area contributed by atoms with E-state index in [0.717, 1.165) is 22.4 Å². The summed E-state index contributed by atoms with van der Waals surface area (Å²) >= 11 is 0. The zero-order valence-electron chi connectivity index (χ0n) is 14.0. The number of nitrogens with zero attached hydrogens (tertiary/aromatic N) is 3. The van der Waals surface area contributed by atoms with Crippen LogP contribution in [-0.2, 0) is 17.8 Å². The predicted molar refractivity (Wildman–Crippen MR) is 93.8 cm³/mol. The molecule has 26 heavy (non-hydrogen) atoms. The van der Waals surface area contributed by atoms with Crippen LogP contribution in [0.15, 0.2) is 42.6 Å². The number of rotatable bonds is 3. The summed E-state index contributed by atoms with van der Waals surface area (Å²) in [7, 11) is 0. The topological polar surface area (TPSA) is 59.8 Å². The third kappa shape index (κ3) is 2.96. The van der Waals surface area contributed by atoms with E-state index in [1.54, 1.807) is 35.1 Å². The molecule has 0 unspecified atom stereocenters. The first-order chi connectivity index (χ1) is 12.5. The van der Waals surface area contributed by atoms with Gasteiger partial charge in [0.2, 0.25) is 5.91 Å². The van der Waals surface area contributed by atoms with Crippen molar-refractivity contribution in [2.24, 2.45) is 0 Å². The Labute approximate surface area is 148 Å². The van der Waals surface area contributed by atoms with Gasteiger partial charge in [0.05, 0.1) is 6.54 Å². The van der Waals surface area contributed by atoms with Crippen LogP contribution in [0.4, 0.5) is 14.6 Å². The number of benzene rings is 1. The minimum atomic E-state index is -0.977. The Hall–Kier alpha value is -3.09. The van der Waals surface area contributed by atoms with Crippen LogP contribution in [-0.4, -0.2) is 26.8 Å². The quantitative estimate of drug-likeness (QED) is 0.782. The number of hydrogen-bond acceptors (Lipinski definition) is 3. The van der Waals surface area contributed by atoms with E-state index in [0.29, 0.717) is 11.5 Å². The van der Waals surface area contributed by atoms with E-state index in [-0.39, 0.29) is 24.7 Å². The molecular formula is C19H16F2N4O. The lowest BCUT2D eigenvalue weighted by Crippen LogP contribution is -2.07. The molecule has 5 nitrogen and oxygen atoms in total. The first-order valence-electron chi connectivity index (χ1n) is 8.25. The summed E-state index contributed by atoms with van der Waals surface area (Å²) in [6.07, 6.45) is 0.873. The second kappa shape index (κ2) is 6.33. The molecule has 0 fully saturated rings. The van der Waals surface area contributed by atoms with E-state index in [1.807, 2.05) is 0 Å². The van der Waals surface area contributed by atoms with Crippen molar-refractivity contribution in [2.45, 2.75) is 26.1 Å². The van der Waals surface area contributed by atoms with Gasteiger partial charge in [-0.15, -0.1) is 0 Å². The van der Waals surface area contributed by atoms with E-state index >= 15 is 0 Å². The highest BCUT2D eigenvalue weighted by molar-refractivity contribution is 5.89. The average Bonchev–Trinajstić information content (AvgIpc) is 3.11. The van der Waals surface area contributed by atoms with Crippen LogP contribution in [0.3, 0.4) is 0 Å². The van der Waals surface area contributed by atoms with Crippen molar-refractivity contribution in [2.75, 3.05) is 5.32 Å². The van der Waals surface area contributed by atoms with Gasteiger partial charge in [0.15, 0.2) is 0 Å². The third-order valence-corrected chi connectivity index (χ3v) is 4.31. The Morgan fingerprint density at radius 1 is 1.23 bits per heavy atom. The predicted octanol–water partition coefficient (Wildman–Crippen LogP) is 3.60. The molecule has 1 aliphatic rings. The van der Waals surface area contributed by atoms with Crippen molar-refractivity contribution in [1.82, 2.24) is 14.8 Å². The highest BCUT2D eigenvalue weighted by Crippen LogP contribution is 2.38. The highest BCUT2D eigenvalue weighted by atomic mass is 19.1. The number of nitrogens with one attached hydrogen (secondary N) is 1. The number of anilines is 1. The lowest BCUT2D eigenvalue weighted by atomic mass is 9.98. The van der Waals surface area contributed by atoms with E-state index in [2.05, 4.69) is 15.4 Å². The zero-order chi connectivity index (χ0) is 18.3. The maximum absolute atomic E-state index is 13.9. The fourth-order valence-electron chi connectivity index (χ4n) is 3.27. The number of aromatic nitrogens is 3. The molecular weight excluding hydrogens is 338 g/mol. The maximum atomic E-state index is 13.9.